The molecule has 3 heteroatoms. The second kappa shape index (κ2) is 5.45. The lowest BCUT2D eigenvalue weighted by Gasteiger charge is -2.38. The Hall–Kier alpha value is -1.35. The van der Waals surface area contributed by atoms with Crippen LogP contribution in [0.1, 0.15) is 45.7 Å². The minimum Gasteiger partial charge on any atom is -0.389 e. The van der Waals surface area contributed by atoms with Crippen molar-refractivity contribution in [3.05, 3.63) is 30.0 Å². The van der Waals surface area contributed by atoms with Crippen molar-refractivity contribution < 1.29 is 5.11 Å². The monoisotopic (exact) mass is 286 g/mol. The molecule has 3 atom stereocenters. The second-order valence-corrected chi connectivity index (χ2v) is 6.88. The van der Waals surface area contributed by atoms with Gasteiger partial charge in [-0.2, -0.15) is 5.10 Å². The van der Waals surface area contributed by atoms with Crippen molar-refractivity contribution in [1.82, 2.24) is 9.78 Å². The molecule has 1 aliphatic rings. The van der Waals surface area contributed by atoms with Gasteiger partial charge in [0.15, 0.2) is 0 Å². The fraction of sp³-hybridized carbons (Fsp3) is 0.611. The molecule has 0 bridgehead atoms. The summed E-state index contributed by atoms with van der Waals surface area (Å²) in [6.07, 6.45) is 3.58. The Bertz CT molecular complexity index is 633. The lowest BCUT2D eigenvalue weighted by molar-refractivity contribution is -0.0285. The Labute approximate surface area is 127 Å². The number of para-hydroxylation sites is 1. The van der Waals surface area contributed by atoms with Crippen molar-refractivity contribution in [2.75, 3.05) is 0 Å². The molecular weight excluding hydrogens is 260 g/mol. The molecular formula is C18H26N2O. The minimum absolute atomic E-state index is 0.582. The molecule has 0 amide bonds. The molecule has 1 aliphatic carbocycles. The largest absolute Gasteiger partial charge is 0.389 e. The van der Waals surface area contributed by atoms with Gasteiger partial charge in [-0.25, -0.2) is 0 Å². The molecule has 0 spiro atoms. The van der Waals surface area contributed by atoms with Crippen LogP contribution in [0.25, 0.3) is 10.9 Å². The SMILES string of the molecule is CCn1nc(CC2(O)CCC(C)C(C)C2)c2ccccc21. The maximum absolute atomic E-state index is 11.0. The van der Waals surface area contributed by atoms with Crippen molar-refractivity contribution in [3.63, 3.8) is 0 Å². The predicted molar refractivity (Wildman–Crippen MR) is 86.2 cm³/mol. The predicted octanol–water partition coefficient (Wildman–Crippen LogP) is 3.79. The smallest absolute Gasteiger partial charge is 0.0731 e. The first-order valence-corrected chi connectivity index (χ1v) is 8.19. The second-order valence-electron chi connectivity index (χ2n) is 6.88. The van der Waals surface area contributed by atoms with Crippen LogP contribution >= 0.6 is 0 Å². The fourth-order valence-corrected chi connectivity index (χ4v) is 3.72. The van der Waals surface area contributed by atoms with Gasteiger partial charge in [-0.05, 0) is 44.1 Å². The number of aromatic nitrogens is 2. The molecule has 1 aromatic carbocycles. The van der Waals surface area contributed by atoms with Gasteiger partial charge in [-0.15, -0.1) is 0 Å². The maximum atomic E-state index is 11.0. The topological polar surface area (TPSA) is 38.0 Å². The zero-order valence-corrected chi connectivity index (χ0v) is 13.3. The lowest BCUT2D eigenvalue weighted by atomic mass is 9.71. The number of rotatable bonds is 3. The molecule has 1 N–H and O–H groups in total. The average molecular weight is 286 g/mol. The molecule has 3 unspecified atom stereocenters. The first-order valence-electron chi connectivity index (χ1n) is 8.19. The third kappa shape index (κ3) is 2.71. The van der Waals surface area contributed by atoms with E-state index in [0.29, 0.717) is 12.3 Å². The zero-order chi connectivity index (χ0) is 15.0. The van der Waals surface area contributed by atoms with Gasteiger partial charge < -0.3 is 5.11 Å². The zero-order valence-electron chi connectivity index (χ0n) is 13.3. The molecule has 1 heterocycles. The van der Waals surface area contributed by atoms with Gasteiger partial charge in [0, 0.05) is 18.4 Å². The number of hydrogen-bond donors (Lipinski definition) is 1. The van der Waals surface area contributed by atoms with Crippen LogP contribution in [0.2, 0.25) is 0 Å². The molecule has 0 aliphatic heterocycles. The van der Waals surface area contributed by atoms with Crippen LogP contribution < -0.4 is 0 Å². The number of nitrogens with zero attached hydrogens (tertiary/aromatic N) is 2. The number of hydrogen-bond acceptors (Lipinski definition) is 2. The Morgan fingerprint density at radius 1 is 1.29 bits per heavy atom. The summed E-state index contributed by atoms with van der Waals surface area (Å²) in [6, 6.07) is 8.36. The Kier molecular flexibility index (Phi) is 3.78. The third-order valence-corrected chi connectivity index (χ3v) is 5.27. The van der Waals surface area contributed by atoms with Crippen molar-refractivity contribution >= 4 is 10.9 Å². The standard InChI is InChI=1S/C18H26N2O/c1-4-20-17-8-6-5-7-15(17)16(19-20)12-18(21)10-9-13(2)14(3)11-18/h5-8,13-14,21H,4,9-12H2,1-3H3. The summed E-state index contributed by atoms with van der Waals surface area (Å²) in [7, 11) is 0. The first kappa shape index (κ1) is 14.6. The highest BCUT2D eigenvalue weighted by Crippen LogP contribution is 2.38. The van der Waals surface area contributed by atoms with Crippen LogP contribution in [-0.4, -0.2) is 20.5 Å². The lowest BCUT2D eigenvalue weighted by Crippen LogP contribution is -2.39. The Morgan fingerprint density at radius 2 is 2.05 bits per heavy atom. The van der Waals surface area contributed by atoms with Crippen LogP contribution in [0.15, 0.2) is 24.3 Å². The molecule has 0 saturated heterocycles. The molecule has 3 nitrogen and oxygen atoms in total. The summed E-state index contributed by atoms with van der Waals surface area (Å²) in [6.45, 7) is 7.54. The summed E-state index contributed by atoms with van der Waals surface area (Å²) >= 11 is 0. The van der Waals surface area contributed by atoms with Crippen molar-refractivity contribution in [2.45, 2.75) is 58.6 Å². The van der Waals surface area contributed by atoms with Crippen molar-refractivity contribution in [3.8, 4) is 0 Å². The van der Waals surface area contributed by atoms with E-state index in [-0.39, 0.29) is 0 Å². The quantitative estimate of drug-likeness (QED) is 0.932. The normalized spacial score (nSPS) is 29.9. The van der Waals surface area contributed by atoms with Crippen LogP contribution in [0.4, 0.5) is 0 Å². The van der Waals surface area contributed by atoms with Gasteiger partial charge in [0.2, 0.25) is 0 Å². The van der Waals surface area contributed by atoms with E-state index >= 15 is 0 Å². The summed E-state index contributed by atoms with van der Waals surface area (Å²) in [5, 5.41) is 16.9. The van der Waals surface area contributed by atoms with Gasteiger partial charge in [-0.1, -0.05) is 32.0 Å². The number of aryl methyl sites for hydroxylation is 1. The van der Waals surface area contributed by atoms with Gasteiger partial charge >= 0.3 is 0 Å². The fourth-order valence-electron chi connectivity index (χ4n) is 3.72. The Morgan fingerprint density at radius 3 is 2.76 bits per heavy atom. The van der Waals surface area contributed by atoms with Gasteiger partial charge in [0.1, 0.15) is 0 Å². The first-order chi connectivity index (χ1) is 10.0. The average Bonchev–Trinajstić information content (AvgIpc) is 2.81. The van der Waals surface area contributed by atoms with Crippen molar-refractivity contribution in [2.24, 2.45) is 11.8 Å². The van der Waals surface area contributed by atoms with E-state index < -0.39 is 5.60 Å². The maximum Gasteiger partial charge on any atom is 0.0731 e. The molecule has 1 aromatic heterocycles. The van der Waals surface area contributed by atoms with Crippen LogP contribution in [0.5, 0.6) is 0 Å². The van der Waals surface area contributed by atoms with E-state index in [2.05, 4.69) is 45.0 Å². The number of benzene rings is 1. The van der Waals surface area contributed by atoms with Gasteiger partial charge in [0.25, 0.3) is 0 Å². The van der Waals surface area contributed by atoms with E-state index in [1.165, 1.54) is 10.9 Å². The molecule has 3 rings (SSSR count). The molecule has 114 valence electrons. The van der Waals surface area contributed by atoms with Crippen LogP contribution in [0.3, 0.4) is 0 Å². The van der Waals surface area contributed by atoms with Crippen molar-refractivity contribution in [1.29, 1.82) is 0 Å². The molecule has 0 radical (unpaired) electrons. The van der Waals surface area contributed by atoms with E-state index in [1.54, 1.807) is 0 Å². The highest BCUT2D eigenvalue weighted by Gasteiger charge is 2.37. The number of aliphatic hydroxyl groups is 1. The highest BCUT2D eigenvalue weighted by atomic mass is 16.3. The summed E-state index contributed by atoms with van der Waals surface area (Å²) in [5.41, 5.74) is 1.65. The van der Waals surface area contributed by atoms with Gasteiger partial charge in [0.05, 0.1) is 16.8 Å². The highest BCUT2D eigenvalue weighted by molar-refractivity contribution is 5.82. The molecule has 21 heavy (non-hydrogen) atoms. The molecule has 1 fully saturated rings. The third-order valence-electron chi connectivity index (χ3n) is 5.27. The van der Waals surface area contributed by atoms with Crippen LogP contribution in [-0.2, 0) is 13.0 Å². The van der Waals surface area contributed by atoms with Gasteiger partial charge in [-0.3, -0.25) is 4.68 Å². The van der Waals surface area contributed by atoms with E-state index in [4.69, 9.17) is 5.10 Å². The molecule has 2 aromatic rings. The van der Waals surface area contributed by atoms with E-state index in [0.717, 1.165) is 37.4 Å². The van der Waals surface area contributed by atoms with Crippen LogP contribution in [0, 0.1) is 11.8 Å². The number of fused-ring (bicyclic) bond motifs is 1. The summed E-state index contributed by atoms with van der Waals surface area (Å²) < 4.78 is 2.04. The Balaban J connectivity index is 1.91. The van der Waals surface area contributed by atoms with E-state index in [9.17, 15) is 5.11 Å². The minimum atomic E-state index is -0.582. The summed E-state index contributed by atoms with van der Waals surface area (Å²) in [4.78, 5) is 0. The molecule has 1 saturated carbocycles. The summed E-state index contributed by atoms with van der Waals surface area (Å²) in [5.74, 6) is 1.30. The van der Waals surface area contributed by atoms with E-state index in [1.807, 2.05) is 4.68 Å².